The molecule has 1 N–H and O–H groups in total. The van der Waals surface area contributed by atoms with Gasteiger partial charge in [-0.1, -0.05) is 18.2 Å². The number of benzene rings is 2. The van der Waals surface area contributed by atoms with Gasteiger partial charge in [-0.05, 0) is 63.1 Å². The average molecular weight is 360 g/mol. The number of hydrogen-bond acceptors (Lipinski definition) is 3. The van der Waals surface area contributed by atoms with Crippen LogP contribution in [-0.4, -0.2) is 26.6 Å². The third-order valence-corrected chi connectivity index (χ3v) is 6.00. The lowest BCUT2D eigenvalue weighted by Gasteiger charge is -2.22. The fourth-order valence-electron chi connectivity index (χ4n) is 2.67. The number of aryl methyl sites for hydroxylation is 2. The molecule has 0 radical (unpaired) electrons. The van der Waals surface area contributed by atoms with Gasteiger partial charge < -0.3 is 5.32 Å². The molecule has 0 aliphatic rings. The highest BCUT2D eigenvalue weighted by Gasteiger charge is 2.19. The number of para-hydroxylation sites is 1. The lowest BCUT2D eigenvalue weighted by atomic mass is 10.1. The fourth-order valence-corrected chi connectivity index (χ4v) is 3.82. The monoisotopic (exact) mass is 360 g/mol. The molecule has 6 heteroatoms. The Balaban J connectivity index is 2.23. The van der Waals surface area contributed by atoms with E-state index in [0.717, 1.165) is 16.8 Å². The molecule has 0 saturated carbocycles. The number of sulfonamides is 1. The standard InChI is InChI=1S/C19H24N2O3S/c1-5-21(25(23,24)6-2)17-12-10-16(11-13-17)19(22)20-18-14(3)8-7-9-15(18)4/h7-13H,5-6H2,1-4H3,(H,20,22). The van der Waals surface area contributed by atoms with E-state index in [1.165, 1.54) is 4.31 Å². The van der Waals surface area contributed by atoms with Gasteiger partial charge in [-0.15, -0.1) is 0 Å². The zero-order valence-electron chi connectivity index (χ0n) is 15.0. The summed E-state index contributed by atoms with van der Waals surface area (Å²) in [6.07, 6.45) is 0. The molecule has 1 amide bonds. The predicted octanol–water partition coefficient (Wildman–Crippen LogP) is 3.73. The van der Waals surface area contributed by atoms with E-state index in [1.54, 1.807) is 38.1 Å². The molecule has 0 atom stereocenters. The summed E-state index contributed by atoms with van der Waals surface area (Å²) in [6, 6.07) is 12.5. The van der Waals surface area contributed by atoms with Gasteiger partial charge in [0.15, 0.2) is 0 Å². The van der Waals surface area contributed by atoms with Gasteiger partial charge in [0.1, 0.15) is 0 Å². The Morgan fingerprint density at radius 1 is 1.00 bits per heavy atom. The van der Waals surface area contributed by atoms with Crippen molar-refractivity contribution in [1.29, 1.82) is 0 Å². The van der Waals surface area contributed by atoms with Crippen LogP contribution in [0.25, 0.3) is 0 Å². The van der Waals surface area contributed by atoms with Gasteiger partial charge in [-0.25, -0.2) is 8.42 Å². The van der Waals surface area contributed by atoms with Crippen LogP contribution in [0.4, 0.5) is 11.4 Å². The van der Waals surface area contributed by atoms with Gasteiger partial charge in [0.2, 0.25) is 10.0 Å². The van der Waals surface area contributed by atoms with Crippen LogP contribution in [0.5, 0.6) is 0 Å². The Hall–Kier alpha value is -2.34. The zero-order valence-corrected chi connectivity index (χ0v) is 15.9. The maximum absolute atomic E-state index is 12.5. The van der Waals surface area contributed by atoms with Crippen molar-refractivity contribution in [2.45, 2.75) is 27.7 Å². The molecule has 0 fully saturated rings. The third kappa shape index (κ3) is 4.20. The van der Waals surface area contributed by atoms with Crippen molar-refractivity contribution >= 4 is 27.3 Å². The summed E-state index contributed by atoms with van der Waals surface area (Å²) in [5, 5.41) is 2.93. The van der Waals surface area contributed by atoms with Crippen LogP contribution < -0.4 is 9.62 Å². The summed E-state index contributed by atoms with van der Waals surface area (Å²) in [5.41, 5.74) is 3.84. The molecule has 0 aliphatic carbocycles. The van der Waals surface area contributed by atoms with E-state index in [4.69, 9.17) is 0 Å². The minimum absolute atomic E-state index is 0.0373. The summed E-state index contributed by atoms with van der Waals surface area (Å²) in [4.78, 5) is 12.5. The van der Waals surface area contributed by atoms with Crippen LogP contribution in [0.2, 0.25) is 0 Å². The smallest absolute Gasteiger partial charge is 0.255 e. The molecule has 2 aromatic rings. The molecular formula is C19H24N2O3S. The minimum atomic E-state index is -3.32. The van der Waals surface area contributed by atoms with E-state index in [-0.39, 0.29) is 11.7 Å². The summed E-state index contributed by atoms with van der Waals surface area (Å²) >= 11 is 0. The zero-order chi connectivity index (χ0) is 18.6. The minimum Gasteiger partial charge on any atom is -0.322 e. The first-order valence-corrected chi connectivity index (χ1v) is 9.89. The Bertz CT molecular complexity index is 838. The highest BCUT2D eigenvalue weighted by atomic mass is 32.2. The Morgan fingerprint density at radius 2 is 1.56 bits per heavy atom. The Labute approximate surface area is 149 Å². The van der Waals surface area contributed by atoms with Gasteiger partial charge in [0, 0.05) is 17.8 Å². The molecular weight excluding hydrogens is 336 g/mol. The molecule has 0 bridgehead atoms. The number of amides is 1. The van der Waals surface area contributed by atoms with E-state index in [9.17, 15) is 13.2 Å². The van der Waals surface area contributed by atoms with Crippen molar-refractivity contribution in [3.63, 3.8) is 0 Å². The van der Waals surface area contributed by atoms with E-state index >= 15 is 0 Å². The first-order chi connectivity index (χ1) is 11.8. The predicted molar refractivity (Wildman–Crippen MR) is 103 cm³/mol. The van der Waals surface area contributed by atoms with Gasteiger partial charge in [-0.3, -0.25) is 9.10 Å². The Kier molecular flexibility index (Phi) is 5.85. The van der Waals surface area contributed by atoms with E-state index in [1.807, 2.05) is 32.0 Å². The lowest BCUT2D eigenvalue weighted by molar-refractivity contribution is 0.102. The maximum Gasteiger partial charge on any atom is 0.255 e. The van der Waals surface area contributed by atoms with Crippen molar-refractivity contribution in [1.82, 2.24) is 0 Å². The van der Waals surface area contributed by atoms with Crippen molar-refractivity contribution in [2.24, 2.45) is 0 Å². The topological polar surface area (TPSA) is 66.5 Å². The molecule has 2 rings (SSSR count). The number of carbonyl (C=O) groups is 1. The molecule has 0 aromatic heterocycles. The number of nitrogens with zero attached hydrogens (tertiary/aromatic N) is 1. The molecule has 0 heterocycles. The first kappa shape index (κ1) is 19.0. The van der Waals surface area contributed by atoms with Crippen LogP contribution in [-0.2, 0) is 10.0 Å². The van der Waals surface area contributed by atoms with Gasteiger partial charge in [0.25, 0.3) is 5.91 Å². The molecule has 0 saturated heterocycles. The number of nitrogens with one attached hydrogen (secondary N) is 1. The summed E-state index contributed by atoms with van der Waals surface area (Å²) in [6.45, 7) is 7.64. The number of rotatable bonds is 6. The third-order valence-electron chi connectivity index (χ3n) is 4.12. The maximum atomic E-state index is 12.5. The van der Waals surface area contributed by atoms with Crippen molar-refractivity contribution in [3.05, 3.63) is 59.2 Å². The second-order valence-corrected chi connectivity index (χ2v) is 8.02. The number of carbonyl (C=O) groups excluding carboxylic acids is 1. The largest absolute Gasteiger partial charge is 0.322 e. The molecule has 0 aliphatic heterocycles. The van der Waals surface area contributed by atoms with Gasteiger partial charge in [0.05, 0.1) is 11.4 Å². The van der Waals surface area contributed by atoms with Gasteiger partial charge in [-0.2, -0.15) is 0 Å². The SMILES string of the molecule is CCN(c1ccc(C(=O)Nc2c(C)cccc2C)cc1)S(=O)(=O)CC. The summed E-state index contributed by atoms with van der Waals surface area (Å²) < 4.78 is 25.6. The number of hydrogen-bond donors (Lipinski definition) is 1. The molecule has 2 aromatic carbocycles. The van der Waals surface area contributed by atoms with Crippen LogP contribution in [0.1, 0.15) is 35.3 Å². The van der Waals surface area contributed by atoms with Crippen LogP contribution in [0, 0.1) is 13.8 Å². The van der Waals surface area contributed by atoms with Crippen LogP contribution >= 0.6 is 0 Å². The molecule has 0 spiro atoms. The normalized spacial score (nSPS) is 11.2. The lowest BCUT2D eigenvalue weighted by Crippen LogP contribution is -2.32. The second kappa shape index (κ2) is 7.70. The molecule has 0 unspecified atom stereocenters. The first-order valence-electron chi connectivity index (χ1n) is 8.28. The molecule has 5 nitrogen and oxygen atoms in total. The van der Waals surface area contributed by atoms with Crippen molar-refractivity contribution in [2.75, 3.05) is 21.9 Å². The highest BCUT2D eigenvalue weighted by molar-refractivity contribution is 7.92. The van der Waals surface area contributed by atoms with E-state index in [2.05, 4.69) is 5.32 Å². The van der Waals surface area contributed by atoms with Gasteiger partial charge >= 0.3 is 0 Å². The summed E-state index contributed by atoms with van der Waals surface area (Å²) in [7, 11) is -3.32. The molecule has 134 valence electrons. The second-order valence-electron chi connectivity index (χ2n) is 5.83. The van der Waals surface area contributed by atoms with E-state index < -0.39 is 10.0 Å². The summed E-state index contributed by atoms with van der Waals surface area (Å²) in [5.74, 6) is -0.180. The van der Waals surface area contributed by atoms with Crippen molar-refractivity contribution < 1.29 is 13.2 Å². The fraction of sp³-hybridized carbons (Fsp3) is 0.316. The quantitative estimate of drug-likeness (QED) is 0.853. The Morgan fingerprint density at radius 3 is 2.04 bits per heavy atom. The number of anilines is 2. The molecule has 25 heavy (non-hydrogen) atoms. The van der Waals surface area contributed by atoms with Crippen LogP contribution in [0.3, 0.4) is 0 Å². The average Bonchev–Trinajstić information content (AvgIpc) is 2.59. The highest BCUT2D eigenvalue weighted by Crippen LogP contribution is 2.22. The van der Waals surface area contributed by atoms with E-state index in [0.29, 0.717) is 17.8 Å². The van der Waals surface area contributed by atoms with Crippen LogP contribution in [0.15, 0.2) is 42.5 Å². The van der Waals surface area contributed by atoms with Crippen molar-refractivity contribution in [3.8, 4) is 0 Å².